The largest absolute Gasteiger partial charge is 0.328 e. The van der Waals surface area contributed by atoms with Crippen LogP contribution in [0.4, 0.5) is 11.4 Å². The molecular weight excluding hydrogens is 511 g/mol. The average molecular weight is 530 g/mol. The summed E-state index contributed by atoms with van der Waals surface area (Å²) < 4.78 is 1.24. The Bertz CT molecular complexity index is 1450. The molecule has 0 aliphatic carbocycles. The van der Waals surface area contributed by atoms with Crippen LogP contribution in [0.2, 0.25) is 15.1 Å². The molecule has 1 heterocycles. The minimum Gasteiger partial charge on any atom is -0.321 e. The zero-order valence-electron chi connectivity index (χ0n) is 18.4. The minimum atomic E-state index is -0.958. The Hall–Kier alpha value is -3.52. The van der Waals surface area contributed by atoms with E-state index in [4.69, 9.17) is 34.8 Å². The van der Waals surface area contributed by atoms with Gasteiger partial charge in [0.25, 0.3) is 5.91 Å². The normalized spacial score (nSPS) is 10.7. The van der Waals surface area contributed by atoms with Crippen molar-refractivity contribution in [2.75, 3.05) is 16.1 Å². The Kier molecular flexibility index (Phi) is 7.31. The van der Waals surface area contributed by atoms with Crippen molar-refractivity contribution in [1.82, 2.24) is 4.68 Å². The maximum absolute atomic E-state index is 13.1. The van der Waals surface area contributed by atoms with Crippen molar-refractivity contribution < 1.29 is 14.4 Å². The first-order valence-electron chi connectivity index (χ1n) is 10.5. The van der Waals surface area contributed by atoms with Crippen LogP contribution in [0.3, 0.4) is 0 Å². The average Bonchev–Trinajstić information content (AvgIpc) is 3.19. The topological polar surface area (TPSA) is 92.2 Å². The number of benzene rings is 3. The molecule has 0 radical (unpaired) electrons. The molecule has 3 aromatic carbocycles. The van der Waals surface area contributed by atoms with Gasteiger partial charge in [0.1, 0.15) is 5.69 Å². The number of hydrogen-bond acceptors (Lipinski definition) is 3. The Morgan fingerprint density at radius 2 is 1.49 bits per heavy atom. The molecule has 3 N–H and O–H groups in total. The quantitative estimate of drug-likeness (QED) is 0.272. The fourth-order valence-electron chi connectivity index (χ4n) is 3.41. The van der Waals surface area contributed by atoms with Crippen LogP contribution in [-0.4, -0.2) is 22.4 Å². The van der Waals surface area contributed by atoms with Crippen LogP contribution in [0.25, 0.3) is 10.9 Å². The van der Waals surface area contributed by atoms with E-state index in [2.05, 4.69) is 16.1 Å². The molecule has 4 rings (SSSR count). The maximum atomic E-state index is 13.1. The first kappa shape index (κ1) is 24.6. The van der Waals surface area contributed by atoms with Crippen molar-refractivity contribution in [2.45, 2.75) is 13.3 Å². The van der Waals surface area contributed by atoms with Crippen LogP contribution >= 0.6 is 34.8 Å². The lowest BCUT2D eigenvalue weighted by Gasteiger charge is -2.13. The van der Waals surface area contributed by atoms with Crippen molar-refractivity contribution in [3.05, 3.63) is 93.1 Å². The van der Waals surface area contributed by atoms with Gasteiger partial charge >= 0.3 is 11.8 Å². The van der Waals surface area contributed by atoms with Crippen molar-refractivity contribution >= 4 is 74.8 Å². The predicted octanol–water partition coefficient (Wildman–Crippen LogP) is 6.13. The van der Waals surface area contributed by atoms with Crippen molar-refractivity contribution in [3.63, 3.8) is 0 Å². The third-order valence-corrected chi connectivity index (χ3v) is 6.19. The molecule has 35 heavy (non-hydrogen) atoms. The highest BCUT2D eigenvalue weighted by atomic mass is 35.5. The number of hydrogen-bond donors (Lipinski definition) is 3. The highest BCUT2D eigenvalue weighted by Crippen LogP contribution is 2.27. The second-order valence-electron chi connectivity index (χ2n) is 7.60. The summed E-state index contributed by atoms with van der Waals surface area (Å²) in [5.41, 5.74) is 5.02. The SMILES string of the molecule is CCc1ccc(NC(=O)C(=O)Nn2c(C(=O)Nc3ccc(Cl)c(Cl)c3)cc3cc(Cl)ccc32)cc1. The Labute approximate surface area is 215 Å². The number of aryl methyl sites for hydroxylation is 1. The van der Waals surface area contributed by atoms with Gasteiger partial charge in [-0.25, -0.2) is 4.68 Å². The van der Waals surface area contributed by atoms with E-state index < -0.39 is 17.7 Å². The van der Waals surface area contributed by atoms with Gasteiger partial charge in [0.15, 0.2) is 0 Å². The van der Waals surface area contributed by atoms with Crippen LogP contribution in [0.1, 0.15) is 23.0 Å². The first-order chi connectivity index (χ1) is 16.7. The summed E-state index contributed by atoms with van der Waals surface area (Å²) >= 11 is 18.1. The molecule has 0 unspecified atom stereocenters. The van der Waals surface area contributed by atoms with Crippen LogP contribution in [0.5, 0.6) is 0 Å². The summed E-state index contributed by atoms with van der Waals surface area (Å²) in [6, 6.07) is 18.2. The van der Waals surface area contributed by atoms with Crippen LogP contribution in [0, 0.1) is 0 Å². The van der Waals surface area contributed by atoms with Crippen LogP contribution < -0.4 is 16.1 Å². The number of carbonyl (C=O) groups is 3. The maximum Gasteiger partial charge on any atom is 0.328 e. The predicted molar refractivity (Wildman–Crippen MR) is 140 cm³/mol. The second-order valence-corrected chi connectivity index (χ2v) is 8.85. The molecule has 1 aromatic heterocycles. The number of aromatic nitrogens is 1. The lowest BCUT2D eigenvalue weighted by atomic mass is 10.1. The van der Waals surface area contributed by atoms with Gasteiger partial charge in [0.2, 0.25) is 0 Å². The van der Waals surface area contributed by atoms with Crippen LogP contribution in [-0.2, 0) is 16.0 Å². The van der Waals surface area contributed by atoms with Gasteiger partial charge in [-0.2, -0.15) is 0 Å². The van der Waals surface area contributed by atoms with E-state index in [1.807, 2.05) is 19.1 Å². The Morgan fingerprint density at radius 1 is 0.771 bits per heavy atom. The number of amides is 3. The standard InChI is InChI=1S/C25H19Cl3N4O3/c1-2-14-3-6-17(7-4-14)29-24(34)25(35)31-32-21-10-5-16(26)11-15(21)12-22(32)23(33)30-18-8-9-19(27)20(28)13-18/h3-13H,2H2,1H3,(H,29,34)(H,30,33)(H,31,35). The lowest BCUT2D eigenvalue weighted by Crippen LogP contribution is -2.36. The van der Waals surface area contributed by atoms with Gasteiger partial charge in [-0.15, -0.1) is 0 Å². The second kappa shape index (κ2) is 10.4. The molecule has 178 valence electrons. The fraction of sp³-hybridized carbons (Fsp3) is 0.0800. The van der Waals surface area contributed by atoms with Gasteiger partial charge in [-0.05, 0) is 66.6 Å². The summed E-state index contributed by atoms with van der Waals surface area (Å²) in [4.78, 5) is 38.4. The summed E-state index contributed by atoms with van der Waals surface area (Å²) in [6.07, 6.45) is 0.854. The highest BCUT2D eigenvalue weighted by molar-refractivity contribution is 6.43. The van der Waals surface area contributed by atoms with Crippen molar-refractivity contribution in [1.29, 1.82) is 0 Å². The first-order valence-corrected chi connectivity index (χ1v) is 11.7. The summed E-state index contributed by atoms with van der Waals surface area (Å²) in [6.45, 7) is 2.02. The van der Waals surface area contributed by atoms with Gasteiger partial charge < -0.3 is 10.6 Å². The Morgan fingerprint density at radius 3 is 2.17 bits per heavy atom. The molecule has 0 atom stereocenters. The van der Waals surface area contributed by atoms with E-state index >= 15 is 0 Å². The monoisotopic (exact) mass is 528 g/mol. The summed E-state index contributed by atoms with van der Waals surface area (Å²) in [5.74, 6) is -2.40. The van der Waals surface area contributed by atoms with Crippen molar-refractivity contribution in [3.8, 4) is 0 Å². The number of rotatable bonds is 5. The minimum absolute atomic E-state index is 0.0711. The molecule has 0 saturated carbocycles. The third-order valence-electron chi connectivity index (χ3n) is 5.21. The molecule has 0 fully saturated rings. The number of halogens is 3. The van der Waals surface area contributed by atoms with E-state index in [1.54, 1.807) is 48.5 Å². The van der Waals surface area contributed by atoms with E-state index in [1.165, 1.54) is 10.7 Å². The third kappa shape index (κ3) is 5.59. The highest BCUT2D eigenvalue weighted by Gasteiger charge is 2.21. The van der Waals surface area contributed by atoms with Gasteiger partial charge in [-0.1, -0.05) is 53.9 Å². The van der Waals surface area contributed by atoms with E-state index in [-0.39, 0.29) is 10.7 Å². The van der Waals surface area contributed by atoms with Gasteiger partial charge in [0, 0.05) is 21.8 Å². The molecule has 0 saturated heterocycles. The molecule has 0 spiro atoms. The lowest BCUT2D eigenvalue weighted by molar-refractivity contribution is -0.133. The van der Waals surface area contributed by atoms with Crippen molar-refractivity contribution in [2.24, 2.45) is 0 Å². The molecule has 0 aliphatic heterocycles. The number of carbonyl (C=O) groups excluding carboxylic acids is 3. The molecule has 3 amide bonds. The summed E-state index contributed by atoms with van der Waals surface area (Å²) in [5, 5.41) is 6.91. The molecule has 7 nitrogen and oxygen atoms in total. The smallest absolute Gasteiger partial charge is 0.321 e. The fourth-order valence-corrected chi connectivity index (χ4v) is 3.89. The van der Waals surface area contributed by atoms with E-state index in [0.717, 1.165) is 12.0 Å². The van der Waals surface area contributed by atoms with Gasteiger partial charge in [-0.3, -0.25) is 19.8 Å². The molecule has 10 heteroatoms. The number of fused-ring (bicyclic) bond motifs is 1. The zero-order chi connectivity index (χ0) is 25.1. The van der Waals surface area contributed by atoms with E-state index in [0.29, 0.717) is 32.3 Å². The number of nitrogens with one attached hydrogen (secondary N) is 3. The van der Waals surface area contributed by atoms with Gasteiger partial charge in [0.05, 0.1) is 15.6 Å². The number of nitrogens with zero attached hydrogens (tertiary/aromatic N) is 1. The van der Waals surface area contributed by atoms with Crippen LogP contribution in [0.15, 0.2) is 66.7 Å². The Balaban J connectivity index is 1.60. The number of anilines is 2. The van der Waals surface area contributed by atoms with E-state index in [9.17, 15) is 14.4 Å². The zero-order valence-corrected chi connectivity index (χ0v) is 20.6. The molecular formula is C25H19Cl3N4O3. The molecule has 4 aromatic rings. The molecule has 0 aliphatic rings. The molecule has 0 bridgehead atoms. The summed E-state index contributed by atoms with van der Waals surface area (Å²) in [7, 11) is 0.